The van der Waals surface area contributed by atoms with Crippen LogP contribution in [0, 0.1) is 16.7 Å². The van der Waals surface area contributed by atoms with E-state index in [0.717, 1.165) is 16.5 Å². The number of aromatic nitrogens is 2. The number of aromatic amines is 1. The van der Waals surface area contributed by atoms with Gasteiger partial charge in [-0.1, -0.05) is 0 Å². The van der Waals surface area contributed by atoms with E-state index >= 15 is 0 Å². The molecule has 0 bridgehead atoms. The molecule has 4 N–H and O–H groups in total. The summed E-state index contributed by atoms with van der Waals surface area (Å²) in [4.78, 5) is 7.00. The highest BCUT2D eigenvalue weighted by atomic mass is 14.8. The van der Waals surface area contributed by atoms with Crippen molar-refractivity contribution in [3.05, 3.63) is 41.5 Å². The monoisotopic (exact) mass is 235 g/mol. The number of nitriles is 1. The molecule has 0 amide bonds. The first-order chi connectivity index (χ1) is 8.69. The molecule has 0 aromatic carbocycles. The highest BCUT2D eigenvalue weighted by molar-refractivity contribution is 5.96. The summed E-state index contributed by atoms with van der Waals surface area (Å²) in [5.41, 5.74) is 8.71. The lowest BCUT2D eigenvalue weighted by molar-refractivity contribution is 1.15. The highest BCUT2D eigenvalue weighted by Crippen LogP contribution is 2.27. The zero-order valence-electron chi connectivity index (χ0n) is 9.36. The van der Waals surface area contributed by atoms with E-state index < -0.39 is 0 Å². The molecule has 3 rings (SSSR count). The van der Waals surface area contributed by atoms with Crippen LogP contribution in [0.4, 0.5) is 5.82 Å². The Balaban J connectivity index is 2.58. The number of nitrogens with two attached hydrogens (primary N) is 1. The van der Waals surface area contributed by atoms with Gasteiger partial charge in [0.05, 0.1) is 11.6 Å². The number of fused-ring (bicyclic) bond motifs is 3. The van der Waals surface area contributed by atoms with Crippen LogP contribution in [0.25, 0.3) is 22.0 Å². The highest BCUT2D eigenvalue weighted by Gasteiger charge is 2.11. The molecular formula is C13H9N5. The average Bonchev–Trinajstić information content (AvgIpc) is 2.85. The van der Waals surface area contributed by atoms with Crippen molar-refractivity contribution in [2.45, 2.75) is 0 Å². The van der Waals surface area contributed by atoms with Crippen LogP contribution in [0.15, 0.2) is 30.5 Å². The summed E-state index contributed by atoms with van der Waals surface area (Å²) in [6.07, 6.45) is 1.60. The summed E-state index contributed by atoms with van der Waals surface area (Å²) in [6, 6.07) is 9.11. The van der Waals surface area contributed by atoms with Crippen molar-refractivity contribution in [3.8, 4) is 17.2 Å². The lowest BCUT2D eigenvalue weighted by atomic mass is 10.1. The predicted octanol–water partition coefficient (Wildman–Crippen LogP) is 1.60. The molecule has 0 unspecified atom stereocenters. The summed E-state index contributed by atoms with van der Waals surface area (Å²) >= 11 is 0. The van der Waals surface area contributed by atoms with E-state index in [9.17, 15) is 0 Å². The Bertz CT molecular complexity index is 825. The lowest BCUT2D eigenvalue weighted by Gasteiger charge is -1.96. The molecule has 5 nitrogen and oxygen atoms in total. The van der Waals surface area contributed by atoms with Gasteiger partial charge in [-0.3, -0.25) is 5.41 Å². The minimum Gasteiger partial charge on any atom is -0.385 e. The zero-order valence-corrected chi connectivity index (χ0v) is 9.36. The van der Waals surface area contributed by atoms with E-state index in [2.05, 4.69) is 16.0 Å². The van der Waals surface area contributed by atoms with Gasteiger partial charge in [0.25, 0.3) is 0 Å². The normalized spacial score (nSPS) is 10.6. The maximum Gasteiger partial charge on any atom is 0.153 e. The van der Waals surface area contributed by atoms with E-state index in [4.69, 9.17) is 16.4 Å². The topological polar surface area (TPSA) is 102 Å². The number of nitrogens with zero attached hydrogens (tertiary/aromatic N) is 2. The van der Waals surface area contributed by atoms with Gasteiger partial charge in [0.2, 0.25) is 0 Å². The third-order valence-corrected chi connectivity index (χ3v) is 2.87. The number of nitrogen functional groups attached to an aromatic ring is 1. The van der Waals surface area contributed by atoms with E-state index in [1.54, 1.807) is 30.5 Å². The van der Waals surface area contributed by atoms with Gasteiger partial charge in [0.15, 0.2) is 5.49 Å². The fourth-order valence-corrected chi connectivity index (χ4v) is 2.08. The van der Waals surface area contributed by atoms with Gasteiger partial charge in [-0.15, -0.1) is 0 Å². The fourth-order valence-electron chi connectivity index (χ4n) is 2.08. The Morgan fingerprint density at radius 1 is 1.33 bits per heavy atom. The number of hydrogen-bond donors (Lipinski definition) is 3. The van der Waals surface area contributed by atoms with Crippen molar-refractivity contribution < 1.29 is 0 Å². The SMILES string of the molecule is N#Cc1ccc2[nH]c(N)cc2c2c(=N)ncc-2c1. The van der Waals surface area contributed by atoms with Crippen LogP contribution < -0.4 is 11.2 Å². The van der Waals surface area contributed by atoms with Gasteiger partial charge in [-0.2, -0.15) is 5.26 Å². The van der Waals surface area contributed by atoms with Gasteiger partial charge < -0.3 is 10.7 Å². The third-order valence-electron chi connectivity index (χ3n) is 2.87. The van der Waals surface area contributed by atoms with Crippen molar-refractivity contribution >= 4 is 16.7 Å². The maximum atomic E-state index is 9.02. The Labute approximate surface area is 102 Å². The fraction of sp³-hybridized carbons (Fsp3) is 0. The first-order valence-corrected chi connectivity index (χ1v) is 5.35. The van der Waals surface area contributed by atoms with Gasteiger partial charge in [-0.05, 0) is 24.3 Å². The van der Waals surface area contributed by atoms with E-state index in [-0.39, 0.29) is 5.49 Å². The van der Waals surface area contributed by atoms with Crippen LogP contribution in [0.2, 0.25) is 0 Å². The maximum absolute atomic E-state index is 9.02. The second-order valence-corrected chi connectivity index (χ2v) is 4.03. The van der Waals surface area contributed by atoms with Gasteiger partial charge >= 0.3 is 0 Å². The van der Waals surface area contributed by atoms with Gasteiger partial charge in [-0.25, -0.2) is 4.98 Å². The van der Waals surface area contributed by atoms with Crippen molar-refractivity contribution in [2.24, 2.45) is 0 Å². The second kappa shape index (κ2) is 3.57. The molecule has 1 aliphatic carbocycles. The summed E-state index contributed by atoms with van der Waals surface area (Å²) in [5, 5.41) is 17.7. The first-order valence-electron chi connectivity index (χ1n) is 5.35. The molecule has 0 saturated carbocycles. The molecule has 0 spiro atoms. The average molecular weight is 235 g/mol. The van der Waals surface area contributed by atoms with Crippen LogP contribution >= 0.6 is 0 Å². The van der Waals surface area contributed by atoms with Crippen LogP contribution in [-0.4, -0.2) is 9.97 Å². The van der Waals surface area contributed by atoms with Crippen LogP contribution in [0.3, 0.4) is 0 Å². The molecule has 2 aliphatic rings. The van der Waals surface area contributed by atoms with Crippen molar-refractivity contribution in [1.29, 1.82) is 10.7 Å². The quantitative estimate of drug-likeness (QED) is 0.551. The number of rotatable bonds is 0. The summed E-state index contributed by atoms with van der Waals surface area (Å²) in [6.45, 7) is 0. The Morgan fingerprint density at radius 3 is 2.94 bits per heavy atom. The first kappa shape index (κ1) is 10.3. The summed E-state index contributed by atoms with van der Waals surface area (Å²) < 4.78 is 0. The van der Waals surface area contributed by atoms with Crippen LogP contribution in [0.1, 0.15) is 5.56 Å². The van der Waals surface area contributed by atoms with E-state index in [0.29, 0.717) is 16.9 Å². The van der Waals surface area contributed by atoms with E-state index in [1.807, 2.05) is 0 Å². The number of nitrogens with one attached hydrogen (secondary N) is 2. The summed E-state index contributed by atoms with van der Waals surface area (Å²) in [7, 11) is 0. The van der Waals surface area contributed by atoms with Crippen molar-refractivity contribution in [1.82, 2.24) is 9.97 Å². The molecule has 18 heavy (non-hydrogen) atoms. The molecular weight excluding hydrogens is 226 g/mol. The second-order valence-electron chi connectivity index (χ2n) is 4.03. The summed E-state index contributed by atoms with van der Waals surface area (Å²) in [5.74, 6) is 0.525. The largest absolute Gasteiger partial charge is 0.385 e. The molecule has 0 saturated heterocycles. The lowest BCUT2D eigenvalue weighted by Crippen LogP contribution is -1.99. The minimum absolute atomic E-state index is 0.189. The molecule has 0 radical (unpaired) electrons. The van der Waals surface area contributed by atoms with Gasteiger partial charge in [0, 0.05) is 28.2 Å². The van der Waals surface area contributed by atoms with Crippen molar-refractivity contribution in [3.63, 3.8) is 0 Å². The molecule has 1 aromatic heterocycles. The molecule has 2 heterocycles. The van der Waals surface area contributed by atoms with E-state index in [1.165, 1.54) is 0 Å². The van der Waals surface area contributed by atoms with Crippen LogP contribution in [0.5, 0.6) is 0 Å². The predicted molar refractivity (Wildman–Crippen MR) is 67.7 cm³/mol. The zero-order chi connectivity index (χ0) is 12.7. The van der Waals surface area contributed by atoms with Crippen molar-refractivity contribution in [2.75, 3.05) is 5.73 Å². The molecule has 1 aromatic rings. The Morgan fingerprint density at radius 2 is 2.17 bits per heavy atom. The molecule has 5 heteroatoms. The smallest absolute Gasteiger partial charge is 0.153 e. The Hall–Kier alpha value is -2.87. The molecule has 0 atom stereocenters. The third kappa shape index (κ3) is 1.40. The number of anilines is 1. The molecule has 1 aliphatic heterocycles. The number of H-pyrrole nitrogens is 1. The molecule has 0 fully saturated rings. The molecule has 86 valence electrons. The standard InChI is InChI=1S/C13H9N5/c14-5-7-1-2-10-9(4-11(15)18-10)12-8(3-7)6-17-13(12)16/h1-4,6,16,18H,15H2. The minimum atomic E-state index is 0.189. The Kier molecular flexibility index (Phi) is 2.04. The van der Waals surface area contributed by atoms with Gasteiger partial charge in [0.1, 0.15) is 5.82 Å². The van der Waals surface area contributed by atoms with Crippen LogP contribution in [-0.2, 0) is 0 Å². The number of hydrogen-bond acceptors (Lipinski definition) is 4.